The first-order valence-corrected chi connectivity index (χ1v) is 14.5. The van der Waals surface area contributed by atoms with Crippen molar-refractivity contribution in [2.24, 2.45) is 46.3 Å². The maximum absolute atomic E-state index is 11.3. The normalized spacial score (nSPS) is 41.9. The average molecular weight is 516 g/mol. The molecule has 4 fully saturated rings. The molecule has 4 aliphatic rings. The highest BCUT2D eigenvalue weighted by molar-refractivity contribution is 5.67. The van der Waals surface area contributed by atoms with Gasteiger partial charge in [0.15, 0.2) is 0 Å². The van der Waals surface area contributed by atoms with Crippen LogP contribution in [0.1, 0.15) is 103 Å². The minimum absolute atomic E-state index is 0.0545. The summed E-state index contributed by atoms with van der Waals surface area (Å²) in [6.07, 6.45) is 11.7. The Morgan fingerprint density at radius 2 is 1.73 bits per heavy atom. The monoisotopic (exact) mass is 515 g/mol. The molecule has 1 heterocycles. The van der Waals surface area contributed by atoms with Gasteiger partial charge in [-0.05, 0) is 104 Å². The smallest absolute Gasteiger partial charge is 0.303 e. The summed E-state index contributed by atoms with van der Waals surface area (Å²) in [4.78, 5) is 22.4. The first-order valence-electron chi connectivity index (χ1n) is 14.5. The van der Waals surface area contributed by atoms with Crippen LogP contribution in [0.3, 0.4) is 0 Å². The number of hydrogen-bond acceptors (Lipinski definition) is 5. The van der Waals surface area contributed by atoms with E-state index in [1.54, 1.807) is 0 Å². The Hall–Kier alpha value is -1.96. The van der Waals surface area contributed by atoms with Gasteiger partial charge in [0.05, 0.1) is 24.3 Å². The number of aryl methyl sites for hydroxylation is 1. The zero-order chi connectivity index (χ0) is 26.5. The van der Waals surface area contributed by atoms with Crippen molar-refractivity contribution in [3.05, 3.63) is 11.9 Å². The molecule has 206 valence electrons. The van der Waals surface area contributed by atoms with Crippen molar-refractivity contribution in [1.29, 1.82) is 0 Å². The standard InChI is InChI=1S/C29H45N3O5/c1-17(4-8-25(34)35)21-6-7-22-27-23(11-13-29(21,22)3)28(2)12-10-20(33)14-18(28)15-24(27)32-16-19(30-31-32)5-9-26(36)37/h16-18,20-24,27,33H,4-15H2,1-3H3,(H,34,35)(H,36,37)/t17?,18-,20+,21+,22-,23-,24-,27-,28-,29+/m0/s1. The van der Waals surface area contributed by atoms with E-state index >= 15 is 0 Å². The van der Waals surface area contributed by atoms with E-state index in [1.165, 1.54) is 19.3 Å². The molecule has 0 amide bonds. The molecule has 1 aromatic heterocycles. The van der Waals surface area contributed by atoms with E-state index < -0.39 is 11.9 Å². The van der Waals surface area contributed by atoms with Crippen molar-refractivity contribution in [2.45, 2.75) is 110 Å². The SMILES string of the molecule is CC(CCC(=O)O)[C@H]1CC[C@H]2[C@@H]3[C@@H](n4cc(CCC(=O)O)nn4)C[C@@H]4C[C@H](O)CC[C@]4(C)[C@H]3CC[C@]12C. The third kappa shape index (κ3) is 4.72. The zero-order valence-electron chi connectivity index (χ0n) is 22.7. The average Bonchev–Trinajstić information content (AvgIpc) is 3.45. The molecule has 0 radical (unpaired) electrons. The van der Waals surface area contributed by atoms with Gasteiger partial charge in [0.25, 0.3) is 0 Å². The summed E-state index contributed by atoms with van der Waals surface area (Å²) in [7, 11) is 0. The van der Waals surface area contributed by atoms with Crippen LogP contribution < -0.4 is 0 Å². The quantitative estimate of drug-likeness (QED) is 0.446. The van der Waals surface area contributed by atoms with Crippen molar-refractivity contribution in [1.82, 2.24) is 15.0 Å². The second-order valence-corrected chi connectivity index (χ2v) is 13.4. The number of carboxylic acid groups (broad SMARTS) is 2. The minimum atomic E-state index is -0.823. The largest absolute Gasteiger partial charge is 0.481 e. The van der Waals surface area contributed by atoms with E-state index in [2.05, 4.69) is 35.8 Å². The summed E-state index contributed by atoms with van der Waals surface area (Å²) in [5.74, 6) is 1.46. The molecular weight excluding hydrogens is 470 g/mol. The number of aliphatic hydroxyl groups is 1. The number of nitrogens with zero attached hydrogens (tertiary/aromatic N) is 3. The Morgan fingerprint density at radius 3 is 2.46 bits per heavy atom. The van der Waals surface area contributed by atoms with E-state index in [9.17, 15) is 19.8 Å². The van der Waals surface area contributed by atoms with Crippen LogP contribution in [0.5, 0.6) is 0 Å². The number of hydrogen-bond donors (Lipinski definition) is 3. The van der Waals surface area contributed by atoms with Gasteiger partial charge in [-0.3, -0.25) is 9.59 Å². The lowest BCUT2D eigenvalue weighted by molar-refractivity contribution is -0.151. The maximum Gasteiger partial charge on any atom is 0.303 e. The van der Waals surface area contributed by atoms with E-state index in [-0.39, 0.29) is 35.8 Å². The summed E-state index contributed by atoms with van der Waals surface area (Å²) < 4.78 is 2.06. The van der Waals surface area contributed by atoms with Gasteiger partial charge < -0.3 is 15.3 Å². The van der Waals surface area contributed by atoms with Crippen molar-refractivity contribution in [3.8, 4) is 0 Å². The molecule has 5 rings (SSSR count). The number of rotatable bonds is 8. The molecule has 0 saturated heterocycles. The van der Waals surface area contributed by atoms with Crippen molar-refractivity contribution < 1.29 is 24.9 Å². The van der Waals surface area contributed by atoms with Gasteiger partial charge >= 0.3 is 11.9 Å². The van der Waals surface area contributed by atoms with E-state index in [0.29, 0.717) is 41.9 Å². The van der Waals surface area contributed by atoms with Crippen LogP contribution in [0, 0.1) is 46.3 Å². The Balaban J connectivity index is 1.47. The van der Waals surface area contributed by atoms with Crippen LogP contribution in [-0.4, -0.2) is 48.4 Å². The lowest BCUT2D eigenvalue weighted by Crippen LogP contribution is -2.57. The highest BCUT2D eigenvalue weighted by Crippen LogP contribution is 2.70. The van der Waals surface area contributed by atoms with Crippen LogP contribution in [0.2, 0.25) is 0 Å². The van der Waals surface area contributed by atoms with Gasteiger partial charge in [-0.2, -0.15) is 0 Å². The first-order chi connectivity index (χ1) is 17.5. The summed E-state index contributed by atoms with van der Waals surface area (Å²) in [5.41, 5.74) is 1.16. The number of aliphatic carboxylic acids is 2. The number of aliphatic hydroxyl groups excluding tert-OH is 1. The Morgan fingerprint density at radius 1 is 1.03 bits per heavy atom. The predicted octanol–water partition coefficient (Wildman–Crippen LogP) is 4.97. The van der Waals surface area contributed by atoms with Crippen molar-refractivity contribution >= 4 is 11.9 Å². The summed E-state index contributed by atoms with van der Waals surface area (Å²) in [5, 5.41) is 37.9. The van der Waals surface area contributed by atoms with Gasteiger partial charge in [0.2, 0.25) is 0 Å². The summed E-state index contributed by atoms with van der Waals surface area (Å²) in [6, 6.07) is 0.206. The van der Waals surface area contributed by atoms with Gasteiger partial charge in [-0.25, -0.2) is 4.68 Å². The molecule has 1 aromatic rings. The molecule has 8 nitrogen and oxygen atoms in total. The molecule has 8 heteroatoms. The molecule has 4 aliphatic carbocycles. The summed E-state index contributed by atoms with van der Waals surface area (Å²) in [6.45, 7) is 7.23. The molecule has 1 unspecified atom stereocenters. The van der Waals surface area contributed by atoms with E-state index in [1.807, 2.05) is 6.20 Å². The number of fused-ring (bicyclic) bond motifs is 5. The lowest BCUT2D eigenvalue weighted by Gasteiger charge is -2.63. The van der Waals surface area contributed by atoms with Gasteiger partial charge in [-0.1, -0.05) is 26.0 Å². The lowest BCUT2D eigenvalue weighted by atomic mass is 9.43. The molecule has 0 spiro atoms. The number of carbonyl (C=O) groups is 2. The number of aromatic nitrogens is 3. The molecule has 3 N–H and O–H groups in total. The maximum atomic E-state index is 11.3. The fraction of sp³-hybridized carbons (Fsp3) is 0.862. The molecule has 0 aliphatic heterocycles. The summed E-state index contributed by atoms with van der Waals surface area (Å²) >= 11 is 0. The van der Waals surface area contributed by atoms with E-state index in [0.717, 1.165) is 44.2 Å². The third-order valence-corrected chi connectivity index (χ3v) is 11.7. The van der Waals surface area contributed by atoms with Crippen LogP contribution in [-0.2, 0) is 16.0 Å². The van der Waals surface area contributed by atoms with Crippen molar-refractivity contribution in [3.63, 3.8) is 0 Å². The highest BCUT2D eigenvalue weighted by Gasteiger charge is 2.63. The zero-order valence-corrected chi connectivity index (χ0v) is 22.7. The Bertz CT molecular complexity index is 1010. The van der Waals surface area contributed by atoms with E-state index in [4.69, 9.17) is 5.11 Å². The first kappa shape index (κ1) is 26.6. The van der Waals surface area contributed by atoms with Gasteiger partial charge in [-0.15, -0.1) is 5.10 Å². The Labute approximate surface area is 220 Å². The molecule has 0 aromatic carbocycles. The fourth-order valence-corrected chi connectivity index (χ4v) is 9.84. The molecule has 10 atom stereocenters. The van der Waals surface area contributed by atoms with Crippen LogP contribution >= 0.6 is 0 Å². The van der Waals surface area contributed by atoms with Crippen molar-refractivity contribution in [2.75, 3.05) is 0 Å². The third-order valence-electron chi connectivity index (χ3n) is 11.7. The van der Waals surface area contributed by atoms with Gasteiger partial charge in [0.1, 0.15) is 0 Å². The molecular formula is C29H45N3O5. The van der Waals surface area contributed by atoms with Crippen LogP contribution in [0.25, 0.3) is 0 Å². The predicted molar refractivity (Wildman–Crippen MR) is 138 cm³/mol. The topological polar surface area (TPSA) is 126 Å². The van der Waals surface area contributed by atoms with Crippen LogP contribution in [0.4, 0.5) is 0 Å². The number of carboxylic acids is 2. The molecule has 4 saturated carbocycles. The highest BCUT2D eigenvalue weighted by atomic mass is 16.4. The minimum Gasteiger partial charge on any atom is -0.481 e. The Kier molecular flexibility index (Phi) is 7.18. The molecule has 0 bridgehead atoms. The molecule has 37 heavy (non-hydrogen) atoms. The fourth-order valence-electron chi connectivity index (χ4n) is 9.84. The second kappa shape index (κ2) is 9.97. The second-order valence-electron chi connectivity index (χ2n) is 13.4. The van der Waals surface area contributed by atoms with Crippen LogP contribution in [0.15, 0.2) is 6.20 Å². The van der Waals surface area contributed by atoms with Gasteiger partial charge in [0, 0.05) is 19.0 Å².